The van der Waals surface area contributed by atoms with Crippen LogP contribution in [0.15, 0.2) is 0 Å². The van der Waals surface area contributed by atoms with E-state index < -0.39 is 0 Å². The molecule has 1 amide bonds. The Morgan fingerprint density at radius 1 is 0.846 bits per heavy atom. The molecular weight excluding hydrogens is 166 g/mol. The van der Waals surface area contributed by atoms with Crippen molar-refractivity contribution in [1.82, 2.24) is 15.1 Å². The van der Waals surface area contributed by atoms with Crippen LogP contribution in [-0.4, -0.2) is 47.7 Å². The van der Waals surface area contributed by atoms with Gasteiger partial charge >= 0.3 is 0 Å². The lowest BCUT2D eigenvalue weighted by Gasteiger charge is -2.37. The molecule has 4 heteroatoms. The summed E-state index contributed by atoms with van der Waals surface area (Å²) in [6.07, 6.45) is 5.93. The lowest BCUT2D eigenvalue weighted by molar-refractivity contribution is -0.170. The maximum atomic E-state index is 10.7. The molecule has 0 unspecified atom stereocenters. The van der Waals surface area contributed by atoms with Crippen molar-refractivity contribution in [3.8, 4) is 0 Å². The van der Waals surface area contributed by atoms with E-state index in [4.69, 9.17) is 0 Å². The molecule has 2 saturated heterocycles. The summed E-state index contributed by atoms with van der Waals surface area (Å²) < 4.78 is 0. The predicted molar refractivity (Wildman–Crippen MR) is 49.5 cm³/mol. The maximum Gasteiger partial charge on any atom is 0.225 e. The summed E-state index contributed by atoms with van der Waals surface area (Å²) in [5.41, 5.74) is 0. The highest BCUT2D eigenvalue weighted by Crippen LogP contribution is 2.16. The van der Waals surface area contributed by atoms with Gasteiger partial charge in [0.2, 0.25) is 6.41 Å². The van der Waals surface area contributed by atoms with Crippen molar-refractivity contribution in [1.29, 1.82) is 0 Å². The standard InChI is InChI=1S/C9H17N3O/c13-9-11-7-4-8-12(11)10-5-2-1-3-6-10/h9H,1-8H2. The number of piperidine rings is 1. The second kappa shape index (κ2) is 4.07. The Hall–Kier alpha value is -0.610. The second-order valence-electron chi connectivity index (χ2n) is 3.73. The summed E-state index contributed by atoms with van der Waals surface area (Å²) in [5.74, 6) is 0. The first kappa shape index (κ1) is 8.97. The molecule has 0 atom stereocenters. The van der Waals surface area contributed by atoms with Crippen molar-refractivity contribution in [2.24, 2.45) is 0 Å². The Bertz CT molecular complexity index is 180. The van der Waals surface area contributed by atoms with E-state index in [1.54, 1.807) is 5.01 Å². The van der Waals surface area contributed by atoms with E-state index in [2.05, 4.69) is 10.1 Å². The lowest BCUT2D eigenvalue weighted by atomic mass is 10.2. The normalized spacial score (nSPS) is 26.6. The maximum absolute atomic E-state index is 10.7. The summed E-state index contributed by atoms with van der Waals surface area (Å²) >= 11 is 0. The number of rotatable bonds is 2. The van der Waals surface area contributed by atoms with Gasteiger partial charge < -0.3 is 0 Å². The van der Waals surface area contributed by atoms with Crippen LogP contribution in [0.2, 0.25) is 0 Å². The second-order valence-corrected chi connectivity index (χ2v) is 3.73. The highest BCUT2D eigenvalue weighted by atomic mass is 16.2. The number of nitrogens with zero attached hydrogens (tertiary/aromatic N) is 3. The smallest absolute Gasteiger partial charge is 0.225 e. The molecule has 0 spiro atoms. The van der Waals surface area contributed by atoms with E-state index in [0.29, 0.717) is 0 Å². The molecule has 0 aromatic carbocycles. The minimum Gasteiger partial charge on any atom is -0.277 e. The van der Waals surface area contributed by atoms with E-state index in [9.17, 15) is 4.79 Å². The minimum atomic E-state index is 0.889. The number of carbonyl (C=O) groups is 1. The summed E-state index contributed by atoms with van der Waals surface area (Å²) in [6, 6.07) is 0. The first-order valence-corrected chi connectivity index (χ1v) is 5.16. The quantitative estimate of drug-likeness (QED) is 0.582. The van der Waals surface area contributed by atoms with E-state index in [-0.39, 0.29) is 0 Å². The molecule has 2 fully saturated rings. The van der Waals surface area contributed by atoms with Crippen molar-refractivity contribution in [3.63, 3.8) is 0 Å². The third kappa shape index (κ3) is 1.84. The van der Waals surface area contributed by atoms with Crippen LogP contribution >= 0.6 is 0 Å². The highest BCUT2D eigenvalue weighted by molar-refractivity contribution is 5.46. The minimum absolute atomic E-state index is 0.889. The van der Waals surface area contributed by atoms with Gasteiger partial charge in [0.1, 0.15) is 0 Å². The van der Waals surface area contributed by atoms with Crippen molar-refractivity contribution >= 4 is 6.41 Å². The van der Waals surface area contributed by atoms with Gasteiger partial charge in [-0.2, -0.15) is 5.12 Å². The zero-order chi connectivity index (χ0) is 9.10. The van der Waals surface area contributed by atoms with Crippen LogP contribution in [0.25, 0.3) is 0 Å². The number of carbonyl (C=O) groups excluding carboxylic acids is 1. The van der Waals surface area contributed by atoms with Crippen LogP contribution in [0.1, 0.15) is 25.7 Å². The number of hydrogen-bond donors (Lipinski definition) is 0. The van der Waals surface area contributed by atoms with Crippen LogP contribution in [0.3, 0.4) is 0 Å². The largest absolute Gasteiger partial charge is 0.277 e. The number of hydrazine groups is 2. The van der Waals surface area contributed by atoms with Gasteiger partial charge in [-0.1, -0.05) is 6.42 Å². The molecule has 0 radical (unpaired) electrons. The summed E-state index contributed by atoms with van der Waals surface area (Å²) in [5, 5.41) is 6.22. The topological polar surface area (TPSA) is 26.8 Å². The first-order valence-electron chi connectivity index (χ1n) is 5.16. The van der Waals surface area contributed by atoms with Crippen LogP contribution in [0, 0.1) is 0 Å². The summed E-state index contributed by atoms with van der Waals surface area (Å²) in [7, 11) is 0. The van der Waals surface area contributed by atoms with Crippen LogP contribution in [0.4, 0.5) is 0 Å². The predicted octanol–water partition coefficient (Wildman–Crippen LogP) is 0.466. The molecule has 0 saturated carbocycles. The highest BCUT2D eigenvalue weighted by Gasteiger charge is 2.26. The fourth-order valence-corrected chi connectivity index (χ4v) is 2.14. The zero-order valence-electron chi connectivity index (χ0n) is 7.98. The Morgan fingerprint density at radius 2 is 1.62 bits per heavy atom. The SMILES string of the molecule is O=CN1CCCN1N1CCCCC1. The molecule has 0 N–H and O–H groups in total. The van der Waals surface area contributed by atoms with Gasteiger partial charge in [0.25, 0.3) is 0 Å². The van der Waals surface area contributed by atoms with Crippen LogP contribution in [-0.2, 0) is 4.79 Å². The lowest BCUT2D eigenvalue weighted by Crippen LogP contribution is -2.50. The van der Waals surface area contributed by atoms with E-state index >= 15 is 0 Å². The van der Waals surface area contributed by atoms with Gasteiger partial charge in [0, 0.05) is 26.2 Å². The fourth-order valence-electron chi connectivity index (χ4n) is 2.14. The van der Waals surface area contributed by atoms with Gasteiger partial charge in [-0.15, -0.1) is 0 Å². The van der Waals surface area contributed by atoms with Gasteiger partial charge in [0.15, 0.2) is 0 Å². The molecule has 0 aliphatic carbocycles. The van der Waals surface area contributed by atoms with E-state index in [1.165, 1.54) is 19.3 Å². The molecule has 0 bridgehead atoms. The van der Waals surface area contributed by atoms with E-state index in [1.807, 2.05) is 0 Å². The van der Waals surface area contributed by atoms with Gasteiger partial charge in [-0.25, -0.2) is 5.01 Å². The van der Waals surface area contributed by atoms with Crippen LogP contribution < -0.4 is 0 Å². The average molecular weight is 183 g/mol. The van der Waals surface area contributed by atoms with E-state index in [0.717, 1.165) is 39.0 Å². The van der Waals surface area contributed by atoms with Gasteiger partial charge in [-0.3, -0.25) is 9.80 Å². The van der Waals surface area contributed by atoms with Crippen LogP contribution in [0.5, 0.6) is 0 Å². The third-order valence-electron chi connectivity index (χ3n) is 2.82. The molecule has 2 rings (SSSR count). The van der Waals surface area contributed by atoms with Gasteiger partial charge in [0.05, 0.1) is 0 Å². The first-order chi connectivity index (χ1) is 6.42. The molecule has 2 heterocycles. The molecule has 2 aliphatic heterocycles. The monoisotopic (exact) mass is 183 g/mol. The number of hydrogen-bond acceptors (Lipinski definition) is 3. The van der Waals surface area contributed by atoms with Crippen molar-refractivity contribution in [3.05, 3.63) is 0 Å². The average Bonchev–Trinajstić information content (AvgIpc) is 2.67. The van der Waals surface area contributed by atoms with Crippen molar-refractivity contribution in [2.45, 2.75) is 25.7 Å². The summed E-state index contributed by atoms with van der Waals surface area (Å²) in [4.78, 5) is 10.7. The molecule has 74 valence electrons. The van der Waals surface area contributed by atoms with Crippen molar-refractivity contribution in [2.75, 3.05) is 26.2 Å². The molecule has 0 aromatic rings. The third-order valence-corrected chi connectivity index (χ3v) is 2.82. The Kier molecular flexibility index (Phi) is 2.80. The summed E-state index contributed by atoms with van der Waals surface area (Å²) in [6.45, 7) is 4.13. The Morgan fingerprint density at radius 3 is 2.31 bits per heavy atom. The van der Waals surface area contributed by atoms with Gasteiger partial charge in [-0.05, 0) is 19.3 Å². The molecule has 0 aromatic heterocycles. The zero-order valence-corrected chi connectivity index (χ0v) is 7.98. The fraction of sp³-hybridized carbons (Fsp3) is 0.889. The molecule has 4 nitrogen and oxygen atoms in total. The molecule has 13 heavy (non-hydrogen) atoms. The van der Waals surface area contributed by atoms with Crippen molar-refractivity contribution < 1.29 is 4.79 Å². The molecule has 2 aliphatic rings. The number of amides is 1. The Labute approximate surface area is 79.0 Å². The molecular formula is C9H17N3O. The Balaban J connectivity index is 1.93.